The van der Waals surface area contributed by atoms with Crippen molar-refractivity contribution in [3.8, 4) is 11.4 Å². The highest BCUT2D eigenvalue weighted by atomic mass is 16.6. The van der Waals surface area contributed by atoms with Crippen LogP contribution in [0.4, 0.5) is 0 Å². The number of piperazine rings is 1. The maximum absolute atomic E-state index is 13.7. The predicted octanol–water partition coefficient (Wildman–Crippen LogP) is 3.84. The van der Waals surface area contributed by atoms with Crippen LogP contribution in [0, 0.1) is 0 Å². The average Bonchev–Trinajstić information content (AvgIpc) is 3.39. The van der Waals surface area contributed by atoms with Crippen LogP contribution in [-0.4, -0.2) is 64.0 Å². The van der Waals surface area contributed by atoms with Gasteiger partial charge in [0.05, 0.1) is 35.4 Å². The number of hydrogen-bond acceptors (Lipinski definition) is 8. The van der Waals surface area contributed by atoms with Crippen molar-refractivity contribution < 1.29 is 19.1 Å². The number of aromatic nitrogens is 2. The summed E-state index contributed by atoms with van der Waals surface area (Å²) in [6, 6.07) is 22.1. The van der Waals surface area contributed by atoms with Crippen LogP contribution in [-0.2, 0) is 44.4 Å². The normalized spacial score (nSPS) is 19.9. The van der Waals surface area contributed by atoms with Crippen LogP contribution in [0.25, 0.3) is 22.3 Å². The van der Waals surface area contributed by atoms with Crippen molar-refractivity contribution >= 4 is 22.8 Å². The highest BCUT2D eigenvalue weighted by molar-refractivity contribution is 5.88. The lowest BCUT2D eigenvalue weighted by Crippen LogP contribution is -2.48. The summed E-state index contributed by atoms with van der Waals surface area (Å²) in [6.07, 6.45) is 0.299. The Morgan fingerprint density at radius 1 is 0.977 bits per heavy atom. The van der Waals surface area contributed by atoms with Crippen molar-refractivity contribution in [1.82, 2.24) is 19.4 Å². The van der Waals surface area contributed by atoms with E-state index < -0.39 is 17.5 Å². The Hall–Kier alpha value is -4.34. The van der Waals surface area contributed by atoms with Gasteiger partial charge in [-0.15, -0.1) is 0 Å². The summed E-state index contributed by atoms with van der Waals surface area (Å²) in [4.78, 5) is 49.9. The van der Waals surface area contributed by atoms with Gasteiger partial charge in [0, 0.05) is 55.8 Å². The van der Waals surface area contributed by atoms with E-state index in [-0.39, 0.29) is 25.0 Å². The quantitative estimate of drug-likeness (QED) is 0.269. The fraction of sp³-hybridized carbons (Fsp3) is 0.353. The summed E-state index contributed by atoms with van der Waals surface area (Å²) in [7, 11) is 0. The van der Waals surface area contributed by atoms with Crippen LogP contribution in [0.5, 0.6) is 0 Å². The number of cyclic esters (lactones) is 1. The van der Waals surface area contributed by atoms with Crippen molar-refractivity contribution in [2.75, 3.05) is 32.7 Å². The van der Waals surface area contributed by atoms with Crippen LogP contribution in [0.2, 0.25) is 0 Å². The van der Waals surface area contributed by atoms with Crippen molar-refractivity contribution in [3.05, 3.63) is 99.3 Å². The molecule has 9 nitrogen and oxygen atoms in total. The van der Waals surface area contributed by atoms with Gasteiger partial charge in [-0.25, -0.2) is 9.78 Å². The number of fused-ring (bicyclic) bond motifs is 5. The molecule has 0 N–H and O–H groups in total. The van der Waals surface area contributed by atoms with Crippen LogP contribution in [0.1, 0.15) is 42.0 Å². The first-order chi connectivity index (χ1) is 20.9. The second-order valence-corrected chi connectivity index (χ2v) is 11.6. The van der Waals surface area contributed by atoms with Crippen LogP contribution >= 0.6 is 0 Å². The lowest BCUT2D eigenvalue weighted by Gasteiger charge is -2.36. The Bertz CT molecular complexity index is 1780. The van der Waals surface area contributed by atoms with Gasteiger partial charge in [0.1, 0.15) is 6.61 Å². The molecule has 1 saturated heterocycles. The van der Waals surface area contributed by atoms with Gasteiger partial charge in [0.25, 0.3) is 5.56 Å². The fourth-order valence-corrected chi connectivity index (χ4v) is 6.59. The number of esters is 2. The van der Waals surface area contributed by atoms with E-state index in [1.54, 1.807) is 11.5 Å². The van der Waals surface area contributed by atoms with Crippen LogP contribution < -0.4 is 5.56 Å². The van der Waals surface area contributed by atoms with Gasteiger partial charge in [0.2, 0.25) is 5.60 Å². The van der Waals surface area contributed by atoms with Gasteiger partial charge in [-0.1, -0.05) is 55.5 Å². The first kappa shape index (κ1) is 27.5. The third-order valence-electron chi connectivity index (χ3n) is 9.02. The summed E-state index contributed by atoms with van der Waals surface area (Å²) < 4.78 is 13.2. The van der Waals surface area contributed by atoms with Crippen LogP contribution in [0.15, 0.2) is 71.5 Å². The molecule has 2 aromatic carbocycles. The molecule has 0 spiro atoms. The molecule has 3 aliphatic rings. The Morgan fingerprint density at radius 3 is 2.51 bits per heavy atom. The van der Waals surface area contributed by atoms with Gasteiger partial charge >= 0.3 is 11.9 Å². The summed E-state index contributed by atoms with van der Waals surface area (Å²) in [5, 5.41) is 1.000. The molecule has 9 heteroatoms. The summed E-state index contributed by atoms with van der Waals surface area (Å²) in [6.45, 7) is 7.02. The summed E-state index contributed by atoms with van der Waals surface area (Å²) >= 11 is 0. The SMILES string of the molecule is CC[C@@]1(OC(=O)CCN2CCN(Cc3ccccc3)CC2)C(=O)OCc2c1cc1n(c2=O)Cc2cc3ccccc3nc2-1. The van der Waals surface area contributed by atoms with Gasteiger partial charge in [-0.3, -0.25) is 14.5 Å². The lowest BCUT2D eigenvalue weighted by molar-refractivity contribution is -0.189. The maximum Gasteiger partial charge on any atom is 0.355 e. The molecule has 0 aliphatic carbocycles. The second kappa shape index (κ2) is 11.1. The monoisotopic (exact) mass is 578 g/mol. The largest absolute Gasteiger partial charge is 0.457 e. The van der Waals surface area contributed by atoms with Gasteiger partial charge in [-0.05, 0) is 30.2 Å². The molecular weight excluding hydrogens is 544 g/mol. The molecular formula is C34H34N4O5. The molecule has 0 saturated carbocycles. The molecule has 0 bridgehead atoms. The molecule has 7 rings (SSSR count). The molecule has 0 radical (unpaired) electrons. The number of hydrogen-bond donors (Lipinski definition) is 0. The average molecular weight is 579 g/mol. The molecule has 2 aromatic heterocycles. The van der Waals surface area contributed by atoms with Gasteiger partial charge < -0.3 is 18.9 Å². The minimum absolute atomic E-state index is 0.142. The highest BCUT2D eigenvalue weighted by Crippen LogP contribution is 2.41. The number of para-hydroxylation sites is 1. The Balaban J connectivity index is 1.09. The molecule has 1 atom stereocenters. The zero-order chi connectivity index (χ0) is 29.6. The molecule has 5 heterocycles. The number of rotatable bonds is 7. The summed E-state index contributed by atoms with van der Waals surface area (Å²) in [5.41, 5.74) is 3.24. The van der Waals surface area contributed by atoms with Gasteiger partial charge in [-0.2, -0.15) is 0 Å². The van der Waals surface area contributed by atoms with E-state index in [2.05, 4.69) is 40.1 Å². The molecule has 3 aliphatic heterocycles. The minimum atomic E-state index is -1.67. The molecule has 1 fully saturated rings. The lowest BCUT2D eigenvalue weighted by atomic mass is 9.85. The zero-order valence-electron chi connectivity index (χ0n) is 24.3. The van der Waals surface area contributed by atoms with E-state index in [0.29, 0.717) is 35.6 Å². The number of carbonyl (C=O) groups excluding carboxylic acids is 2. The third-order valence-corrected chi connectivity index (χ3v) is 9.02. The standard InChI is InChI=1S/C34H34N4O5/c1-2-34(43-30(39)12-13-36-14-16-37(17-15-36)20-23-8-4-3-5-9-23)27-19-29-31-25(18-24-10-6-7-11-28(24)35-31)21-38(29)32(40)26(27)22-42-33(34)41/h3-11,18-19H,2,12-17,20-22H2,1H3/t34-/m0/s1. The van der Waals surface area contributed by atoms with E-state index in [1.807, 2.05) is 36.4 Å². The Labute approximate surface area is 249 Å². The van der Waals surface area contributed by atoms with E-state index in [4.69, 9.17) is 14.5 Å². The Kier molecular flexibility index (Phi) is 7.07. The van der Waals surface area contributed by atoms with Crippen molar-refractivity contribution in [2.45, 2.75) is 45.1 Å². The number of nitrogens with zero attached hydrogens (tertiary/aromatic N) is 4. The molecule has 4 aromatic rings. The maximum atomic E-state index is 13.7. The predicted molar refractivity (Wildman–Crippen MR) is 161 cm³/mol. The number of ether oxygens (including phenoxy) is 2. The molecule has 0 unspecified atom stereocenters. The number of carbonyl (C=O) groups is 2. The van der Waals surface area contributed by atoms with E-state index in [1.165, 1.54) is 5.56 Å². The topological polar surface area (TPSA) is 94.0 Å². The second-order valence-electron chi connectivity index (χ2n) is 11.6. The molecule has 43 heavy (non-hydrogen) atoms. The first-order valence-electron chi connectivity index (χ1n) is 15.0. The van der Waals surface area contributed by atoms with Gasteiger partial charge in [0.15, 0.2) is 0 Å². The fourth-order valence-electron chi connectivity index (χ4n) is 6.59. The third kappa shape index (κ3) is 4.92. The smallest absolute Gasteiger partial charge is 0.355 e. The minimum Gasteiger partial charge on any atom is -0.457 e. The summed E-state index contributed by atoms with van der Waals surface area (Å²) in [5.74, 6) is -1.12. The van der Waals surface area contributed by atoms with Crippen LogP contribution in [0.3, 0.4) is 0 Å². The first-order valence-corrected chi connectivity index (χ1v) is 15.0. The van der Waals surface area contributed by atoms with Crippen molar-refractivity contribution in [2.24, 2.45) is 0 Å². The molecule has 220 valence electrons. The molecule has 0 amide bonds. The van der Waals surface area contributed by atoms with E-state index >= 15 is 0 Å². The number of pyridine rings is 2. The van der Waals surface area contributed by atoms with E-state index in [9.17, 15) is 14.4 Å². The highest BCUT2D eigenvalue weighted by Gasteiger charge is 2.50. The Morgan fingerprint density at radius 2 is 1.72 bits per heavy atom. The van der Waals surface area contributed by atoms with Crippen molar-refractivity contribution in [3.63, 3.8) is 0 Å². The van der Waals surface area contributed by atoms with Crippen molar-refractivity contribution in [1.29, 1.82) is 0 Å². The van der Waals surface area contributed by atoms with E-state index in [0.717, 1.165) is 49.2 Å². The zero-order valence-corrected chi connectivity index (χ0v) is 24.3. The number of benzene rings is 2.